The molecular weight excluding hydrogens is 442 g/mol. The van der Waals surface area contributed by atoms with E-state index in [2.05, 4.69) is 77.1 Å². The lowest BCUT2D eigenvalue weighted by atomic mass is 9.86. The van der Waals surface area contributed by atoms with E-state index in [0.29, 0.717) is 12.0 Å². The van der Waals surface area contributed by atoms with E-state index in [-0.39, 0.29) is 0 Å². The maximum Gasteiger partial charge on any atom is 0.119 e. The smallest absolute Gasteiger partial charge is 0.119 e. The summed E-state index contributed by atoms with van der Waals surface area (Å²) in [5.74, 6) is 1.65. The molecule has 4 heteroatoms. The number of rotatable bonds is 9. The summed E-state index contributed by atoms with van der Waals surface area (Å²) in [7, 11) is 2.01. The van der Waals surface area contributed by atoms with Crippen LogP contribution in [0.2, 0.25) is 0 Å². The summed E-state index contributed by atoms with van der Waals surface area (Å²) in [5.41, 5.74) is 5.67. The van der Waals surface area contributed by atoms with E-state index in [4.69, 9.17) is 4.74 Å². The average Bonchev–Trinajstić information content (AvgIpc) is 3.43. The number of hydrogen-bond acceptors (Lipinski definition) is 4. The highest BCUT2D eigenvalue weighted by molar-refractivity contribution is 5.31. The topological polar surface area (TPSA) is 36.5 Å². The van der Waals surface area contributed by atoms with E-state index in [0.717, 1.165) is 31.9 Å². The van der Waals surface area contributed by atoms with E-state index >= 15 is 0 Å². The molecule has 2 N–H and O–H groups in total. The Morgan fingerprint density at radius 2 is 1.78 bits per heavy atom. The molecule has 2 saturated heterocycles. The molecule has 2 aliphatic heterocycles. The molecule has 2 fully saturated rings. The van der Waals surface area contributed by atoms with Crippen molar-refractivity contribution in [3.05, 3.63) is 77.0 Å². The van der Waals surface area contributed by atoms with Crippen molar-refractivity contribution < 1.29 is 4.74 Å². The van der Waals surface area contributed by atoms with Crippen molar-refractivity contribution >= 4 is 0 Å². The third-order valence-electron chi connectivity index (χ3n) is 7.47. The molecule has 2 aromatic carbocycles. The van der Waals surface area contributed by atoms with Gasteiger partial charge in [0.05, 0.1) is 6.61 Å². The first-order chi connectivity index (χ1) is 17.8. The summed E-state index contributed by atoms with van der Waals surface area (Å²) in [4.78, 5) is 2.52. The first-order valence-electron chi connectivity index (χ1n) is 14.4. The van der Waals surface area contributed by atoms with Gasteiger partial charge >= 0.3 is 0 Å². The lowest BCUT2D eigenvalue weighted by molar-refractivity contribution is 0.297. The first-order valence-corrected chi connectivity index (χ1v) is 14.4. The molecular formula is C32H49N3O. The van der Waals surface area contributed by atoms with Gasteiger partial charge in [-0.2, -0.15) is 0 Å². The Morgan fingerprint density at radius 1 is 1.00 bits per heavy atom. The lowest BCUT2D eigenvalue weighted by Gasteiger charge is -2.27. The maximum atomic E-state index is 6.19. The Labute approximate surface area is 220 Å². The van der Waals surface area contributed by atoms with Crippen LogP contribution < -0.4 is 15.4 Å². The molecule has 2 aliphatic rings. The minimum absolute atomic E-state index is 0.413. The summed E-state index contributed by atoms with van der Waals surface area (Å²) < 4.78 is 6.19. The fourth-order valence-corrected chi connectivity index (χ4v) is 5.61. The Balaban J connectivity index is 0.00000176. The molecule has 0 spiro atoms. The Kier molecular flexibility index (Phi) is 12.4. The normalized spacial score (nSPS) is 20.8. The van der Waals surface area contributed by atoms with Gasteiger partial charge < -0.3 is 20.3 Å². The largest absolute Gasteiger partial charge is 0.493 e. The van der Waals surface area contributed by atoms with Crippen molar-refractivity contribution in [1.29, 1.82) is 0 Å². The van der Waals surface area contributed by atoms with E-state index in [9.17, 15) is 0 Å². The van der Waals surface area contributed by atoms with Crippen LogP contribution in [-0.4, -0.2) is 38.2 Å². The van der Waals surface area contributed by atoms with E-state index < -0.39 is 0 Å². The Morgan fingerprint density at radius 3 is 2.56 bits per heavy atom. The highest BCUT2D eigenvalue weighted by atomic mass is 16.5. The number of nitrogens with one attached hydrogen (secondary N) is 2. The van der Waals surface area contributed by atoms with Crippen molar-refractivity contribution in [2.75, 3.05) is 33.3 Å². The van der Waals surface area contributed by atoms with Gasteiger partial charge in [-0.3, -0.25) is 0 Å². The summed E-state index contributed by atoms with van der Waals surface area (Å²) in [6, 6.07) is 18.3. The van der Waals surface area contributed by atoms with Crippen LogP contribution in [0, 0.1) is 0 Å². The molecule has 0 aromatic heterocycles. The highest BCUT2D eigenvalue weighted by Crippen LogP contribution is 2.32. The van der Waals surface area contributed by atoms with E-state index in [1.165, 1.54) is 74.0 Å². The second-order valence-corrected chi connectivity index (χ2v) is 9.84. The van der Waals surface area contributed by atoms with E-state index in [1.807, 2.05) is 20.9 Å². The van der Waals surface area contributed by atoms with Crippen LogP contribution >= 0.6 is 0 Å². The van der Waals surface area contributed by atoms with Crippen molar-refractivity contribution in [2.45, 2.75) is 84.2 Å². The zero-order chi connectivity index (χ0) is 25.6. The van der Waals surface area contributed by atoms with Gasteiger partial charge in [0, 0.05) is 37.8 Å². The molecule has 2 aromatic rings. The van der Waals surface area contributed by atoms with Gasteiger partial charge in [0.15, 0.2) is 0 Å². The summed E-state index contributed by atoms with van der Waals surface area (Å²) >= 11 is 0. The van der Waals surface area contributed by atoms with Crippen molar-refractivity contribution in [1.82, 2.24) is 15.5 Å². The van der Waals surface area contributed by atoms with Gasteiger partial charge in [-0.05, 0) is 87.4 Å². The summed E-state index contributed by atoms with van der Waals surface area (Å²) in [6.07, 6.45) is 10.7. The number of allylic oxidation sites excluding steroid dienone is 1. The van der Waals surface area contributed by atoms with E-state index in [1.54, 1.807) is 0 Å². The first kappa shape index (κ1) is 28.3. The highest BCUT2D eigenvalue weighted by Gasteiger charge is 2.20. The standard InChI is InChI=1S/C30H43N3O.C2H6/c1-3-28(33-18-4-5-19-33)16-20-34-29-13-7-12-27(22-29)30-14-8-10-25(15-17-32-30)26-11-6-9-24(21-26)23-31-2;1-2/h3,6-7,9,11-13,21-22,25,30-32H,4-5,8,10,14-20,23H2,1-2H3;1-2H3/b28-3+;. The minimum Gasteiger partial charge on any atom is -0.493 e. The van der Waals surface area contributed by atoms with Gasteiger partial charge in [0.1, 0.15) is 5.75 Å². The number of likely N-dealkylation sites (tertiary alicyclic amines) is 1. The van der Waals surface area contributed by atoms with Gasteiger partial charge in [-0.25, -0.2) is 0 Å². The van der Waals surface area contributed by atoms with Crippen LogP contribution in [0.1, 0.15) is 94.4 Å². The van der Waals surface area contributed by atoms with Crippen molar-refractivity contribution in [3.8, 4) is 5.75 Å². The van der Waals surface area contributed by atoms with Gasteiger partial charge in [0.2, 0.25) is 0 Å². The number of benzene rings is 2. The quantitative estimate of drug-likeness (QED) is 0.389. The van der Waals surface area contributed by atoms with Gasteiger partial charge in [0.25, 0.3) is 0 Å². The number of nitrogens with zero attached hydrogens (tertiary/aromatic N) is 1. The Hall–Kier alpha value is -2.30. The molecule has 2 heterocycles. The van der Waals surface area contributed by atoms with Crippen LogP contribution in [-0.2, 0) is 6.54 Å². The molecule has 198 valence electrons. The van der Waals surface area contributed by atoms with Crippen molar-refractivity contribution in [2.24, 2.45) is 0 Å². The molecule has 36 heavy (non-hydrogen) atoms. The fourth-order valence-electron chi connectivity index (χ4n) is 5.61. The molecule has 4 nitrogen and oxygen atoms in total. The second-order valence-electron chi connectivity index (χ2n) is 9.84. The molecule has 2 atom stereocenters. The van der Waals surface area contributed by atoms with Crippen LogP contribution in [0.3, 0.4) is 0 Å². The minimum atomic E-state index is 0.413. The van der Waals surface area contributed by atoms with Crippen molar-refractivity contribution in [3.63, 3.8) is 0 Å². The number of ether oxygens (including phenoxy) is 1. The van der Waals surface area contributed by atoms with Crippen LogP contribution in [0.15, 0.2) is 60.3 Å². The SMILES string of the molecule is C/C=C(\CCOc1cccc(C2CCCC(c3cccc(CNC)c3)CCN2)c1)N1CCCC1.CC. The lowest BCUT2D eigenvalue weighted by Crippen LogP contribution is -2.26. The summed E-state index contributed by atoms with van der Waals surface area (Å²) in [6.45, 7) is 11.3. The van der Waals surface area contributed by atoms with Crippen LogP contribution in [0.4, 0.5) is 0 Å². The third kappa shape index (κ3) is 8.38. The monoisotopic (exact) mass is 491 g/mol. The summed E-state index contributed by atoms with van der Waals surface area (Å²) in [5, 5.41) is 7.11. The Bertz CT molecular complexity index is 909. The predicted molar refractivity (Wildman–Crippen MR) is 154 cm³/mol. The third-order valence-corrected chi connectivity index (χ3v) is 7.47. The molecule has 0 radical (unpaired) electrons. The van der Waals surface area contributed by atoms with Crippen LogP contribution in [0.5, 0.6) is 5.75 Å². The predicted octanol–water partition coefficient (Wildman–Crippen LogP) is 7.19. The molecule has 4 rings (SSSR count). The maximum absolute atomic E-state index is 6.19. The molecule has 0 amide bonds. The van der Waals surface area contributed by atoms with Crippen LogP contribution in [0.25, 0.3) is 0 Å². The zero-order valence-electron chi connectivity index (χ0n) is 23.2. The number of hydrogen-bond donors (Lipinski definition) is 2. The van der Waals surface area contributed by atoms with Gasteiger partial charge in [-0.1, -0.05) is 62.7 Å². The second kappa shape index (κ2) is 15.7. The average molecular weight is 492 g/mol. The molecule has 0 aliphatic carbocycles. The van der Waals surface area contributed by atoms with Gasteiger partial charge in [-0.15, -0.1) is 0 Å². The molecule has 2 unspecified atom stereocenters. The molecule has 0 saturated carbocycles. The fraction of sp³-hybridized carbons (Fsp3) is 0.562. The zero-order valence-corrected chi connectivity index (χ0v) is 23.2. The molecule has 0 bridgehead atoms.